The first-order valence-electron chi connectivity index (χ1n) is 6.32. The number of piperidine rings is 1. The lowest BCUT2D eigenvalue weighted by molar-refractivity contribution is 0.199. The summed E-state index contributed by atoms with van der Waals surface area (Å²) in [5.74, 6) is 0.737. The number of hydrogen-bond donors (Lipinski definition) is 0. The highest BCUT2D eigenvalue weighted by molar-refractivity contribution is 6.42. The van der Waals surface area contributed by atoms with Crippen molar-refractivity contribution in [3.8, 4) is 0 Å². The Morgan fingerprint density at radius 2 is 2.16 bits per heavy atom. The van der Waals surface area contributed by atoms with E-state index in [4.69, 9.17) is 28.0 Å². The molecule has 1 aromatic carbocycles. The first-order chi connectivity index (χ1) is 9.11. The van der Waals surface area contributed by atoms with Crippen molar-refractivity contribution in [2.75, 3.05) is 27.2 Å². The van der Waals surface area contributed by atoms with E-state index >= 15 is 0 Å². The van der Waals surface area contributed by atoms with Crippen LogP contribution in [-0.4, -0.2) is 38.4 Å². The van der Waals surface area contributed by atoms with E-state index in [2.05, 4.69) is 23.2 Å². The standard InChI is InChI=1S/C14H18Cl2N2O/c1-18-6-5-12(11(9-18)8-17-19-2)10-3-4-13(15)14(16)7-10/h3-4,7-8,11-12H,5-6,9H2,1-2H3/b17-8+. The molecular formula is C14H18Cl2N2O. The summed E-state index contributed by atoms with van der Waals surface area (Å²) >= 11 is 12.1. The van der Waals surface area contributed by atoms with E-state index < -0.39 is 0 Å². The largest absolute Gasteiger partial charge is 0.399 e. The number of oxime groups is 1. The second kappa shape index (κ2) is 6.60. The van der Waals surface area contributed by atoms with Gasteiger partial charge in [-0.05, 0) is 43.6 Å². The van der Waals surface area contributed by atoms with E-state index in [1.165, 1.54) is 5.56 Å². The topological polar surface area (TPSA) is 24.8 Å². The van der Waals surface area contributed by atoms with Gasteiger partial charge in [-0.25, -0.2) is 0 Å². The lowest BCUT2D eigenvalue weighted by atomic mass is 9.81. The molecule has 5 heteroatoms. The zero-order valence-corrected chi connectivity index (χ0v) is 12.7. The Labute approximate surface area is 124 Å². The normalized spacial score (nSPS) is 24.8. The molecule has 1 aliphatic heterocycles. The van der Waals surface area contributed by atoms with E-state index in [0.717, 1.165) is 19.5 Å². The Morgan fingerprint density at radius 3 is 2.84 bits per heavy atom. The molecule has 0 spiro atoms. The summed E-state index contributed by atoms with van der Waals surface area (Å²) in [6, 6.07) is 5.88. The Hall–Kier alpha value is -0.770. The predicted octanol–water partition coefficient (Wildman–Crippen LogP) is 3.66. The van der Waals surface area contributed by atoms with Gasteiger partial charge >= 0.3 is 0 Å². The lowest BCUT2D eigenvalue weighted by Crippen LogP contribution is -2.37. The molecule has 104 valence electrons. The summed E-state index contributed by atoms with van der Waals surface area (Å²) in [7, 11) is 3.69. The van der Waals surface area contributed by atoms with Crippen LogP contribution in [-0.2, 0) is 4.84 Å². The number of halogens is 2. The highest BCUT2D eigenvalue weighted by Gasteiger charge is 2.28. The van der Waals surface area contributed by atoms with Crippen molar-refractivity contribution in [2.24, 2.45) is 11.1 Å². The van der Waals surface area contributed by atoms with Crippen LogP contribution >= 0.6 is 23.2 Å². The highest BCUT2D eigenvalue weighted by Crippen LogP contribution is 2.34. The Morgan fingerprint density at radius 1 is 1.37 bits per heavy atom. The molecule has 3 nitrogen and oxygen atoms in total. The fourth-order valence-electron chi connectivity index (χ4n) is 2.60. The first-order valence-corrected chi connectivity index (χ1v) is 7.07. The maximum atomic E-state index is 6.11. The molecular weight excluding hydrogens is 283 g/mol. The molecule has 1 aliphatic rings. The van der Waals surface area contributed by atoms with Gasteiger partial charge in [-0.2, -0.15) is 0 Å². The summed E-state index contributed by atoms with van der Waals surface area (Å²) in [6.45, 7) is 2.04. The quantitative estimate of drug-likeness (QED) is 0.628. The van der Waals surface area contributed by atoms with Crippen LogP contribution in [0.15, 0.2) is 23.4 Å². The monoisotopic (exact) mass is 300 g/mol. The van der Waals surface area contributed by atoms with Gasteiger partial charge in [0.25, 0.3) is 0 Å². The van der Waals surface area contributed by atoms with E-state index in [0.29, 0.717) is 21.9 Å². The summed E-state index contributed by atoms with van der Waals surface area (Å²) in [6.07, 6.45) is 2.97. The highest BCUT2D eigenvalue weighted by atomic mass is 35.5. The molecule has 2 unspecified atom stereocenters. The molecule has 0 amide bonds. The maximum Gasteiger partial charge on any atom is 0.106 e. The molecule has 1 fully saturated rings. The van der Waals surface area contributed by atoms with Gasteiger partial charge in [0.05, 0.1) is 10.0 Å². The number of likely N-dealkylation sites (tertiary alicyclic amines) is 1. The van der Waals surface area contributed by atoms with Crippen molar-refractivity contribution in [3.63, 3.8) is 0 Å². The molecule has 1 saturated heterocycles. The van der Waals surface area contributed by atoms with Gasteiger partial charge in [0.15, 0.2) is 0 Å². The molecule has 0 N–H and O–H groups in total. The fourth-order valence-corrected chi connectivity index (χ4v) is 2.91. The molecule has 2 rings (SSSR count). The zero-order chi connectivity index (χ0) is 13.8. The SMILES string of the molecule is CO/N=C/C1CN(C)CCC1c1ccc(Cl)c(Cl)c1. The first kappa shape index (κ1) is 14.6. The van der Waals surface area contributed by atoms with E-state index in [-0.39, 0.29) is 0 Å². The molecule has 19 heavy (non-hydrogen) atoms. The molecule has 0 radical (unpaired) electrons. The van der Waals surface area contributed by atoms with Crippen LogP contribution in [0.25, 0.3) is 0 Å². The van der Waals surface area contributed by atoms with Gasteiger partial charge in [0.2, 0.25) is 0 Å². The number of hydrogen-bond acceptors (Lipinski definition) is 3. The summed E-state index contributed by atoms with van der Waals surface area (Å²) in [4.78, 5) is 7.12. The van der Waals surface area contributed by atoms with Crippen LogP contribution in [0.5, 0.6) is 0 Å². The fraction of sp³-hybridized carbons (Fsp3) is 0.500. The van der Waals surface area contributed by atoms with Crippen molar-refractivity contribution in [3.05, 3.63) is 33.8 Å². The van der Waals surface area contributed by atoms with Gasteiger partial charge in [0, 0.05) is 18.7 Å². The van der Waals surface area contributed by atoms with Crippen LogP contribution in [0.4, 0.5) is 0 Å². The van der Waals surface area contributed by atoms with Crippen LogP contribution in [0.1, 0.15) is 17.9 Å². The minimum Gasteiger partial charge on any atom is -0.399 e. The van der Waals surface area contributed by atoms with Crippen molar-refractivity contribution in [1.29, 1.82) is 0 Å². The van der Waals surface area contributed by atoms with E-state index in [1.807, 2.05) is 18.3 Å². The minimum absolute atomic E-state index is 0.330. The van der Waals surface area contributed by atoms with Crippen molar-refractivity contribution in [1.82, 2.24) is 4.90 Å². The molecule has 0 aromatic heterocycles. The van der Waals surface area contributed by atoms with E-state index in [9.17, 15) is 0 Å². The van der Waals surface area contributed by atoms with Gasteiger partial charge in [-0.3, -0.25) is 0 Å². The second-order valence-corrected chi connectivity index (χ2v) is 5.75. The van der Waals surface area contributed by atoms with Gasteiger partial charge in [0.1, 0.15) is 7.11 Å². The summed E-state index contributed by atoms with van der Waals surface area (Å²) in [5.41, 5.74) is 1.22. The Balaban J connectivity index is 2.23. The molecule has 2 atom stereocenters. The third-order valence-electron chi connectivity index (χ3n) is 3.59. The summed E-state index contributed by atoms with van der Waals surface area (Å²) < 4.78 is 0. The maximum absolute atomic E-state index is 6.11. The van der Waals surface area contributed by atoms with Crippen molar-refractivity contribution >= 4 is 29.4 Å². The molecule has 1 aromatic rings. The van der Waals surface area contributed by atoms with Crippen LogP contribution in [0, 0.1) is 5.92 Å². The van der Waals surface area contributed by atoms with Gasteiger partial charge < -0.3 is 9.74 Å². The van der Waals surface area contributed by atoms with Crippen LogP contribution in [0.2, 0.25) is 10.0 Å². The number of nitrogens with zero attached hydrogens (tertiary/aromatic N) is 2. The Kier molecular flexibility index (Phi) is 5.08. The molecule has 0 bridgehead atoms. The average molecular weight is 301 g/mol. The Bertz CT molecular complexity index is 465. The molecule has 0 saturated carbocycles. The summed E-state index contributed by atoms with van der Waals surface area (Å²) in [5, 5.41) is 5.14. The van der Waals surface area contributed by atoms with Crippen LogP contribution in [0.3, 0.4) is 0 Å². The van der Waals surface area contributed by atoms with Crippen molar-refractivity contribution < 1.29 is 4.84 Å². The minimum atomic E-state index is 0.330. The van der Waals surface area contributed by atoms with Gasteiger partial charge in [-0.15, -0.1) is 0 Å². The smallest absolute Gasteiger partial charge is 0.106 e. The predicted molar refractivity (Wildman–Crippen MR) is 80.3 cm³/mol. The zero-order valence-electron chi connectivity index (χ0n) is 11.1. The van der Waals surface area contributed by atoms with Crippen LogP contribution < -0.4 is 0 Å². The third-order valence-corrected chi connectivity index (χ3v) is 4.33. The average Bonchev–Trinajstić information content (AvgIpc) is 2.40. The lowest BCUT2D eigenvalue weighted by Gasteiger charge is -2.35. The third kappa shape index (κ3) is 3.62. The number of rotatable bonds is 3. The molecule has 1 heterocycles. The second-order valence-electron chi connectivity index (χ2n) is 4.93. The molecule has 0 aliphatic carbocycles. The van der Waals surface area contributed by atoms with Crippen molar-refractivity contribution in [2.45, 2.75) is 12.3 Å². The van der Waals surface area contributed by atoms with Gasteiger partial charge in [-0.1, -0.05) is 34.4 Å². The number of benzene rings is 1. The van der Waals surface area contributed by atoms with E-state index in [1.54, 1.807) is 7.11 Å².